The first kappa shape index (κ1) is 18.4. The van der Waals surface area contributed by atoms with Crippen LogP contribution in [0.25, 0.3) is 28.1 Å². The van der Waals surface area contributed by atoms with Crippen LogP contribution in [0.2, 0.25) is 0 Å². The molecule has 0 saturated heterocycles. The normalized spacial score (nSPS) is 11.2. The summed E-state index contributed by atoms with van der Waals surface area (Å²) in [6, 6.07) is 13.8. The maximum atomic E-state index is 12.8. The average Bonchev–Trinajstić information content (AvgIpc) is 2.74. The van der Waals surface area contributed by atoms with Crippen LogP contribution < -0.4 is 10.7 Å². The Hall–Kier alpha value is -4.00. The third kappa shape index (κ3) is 3.70. The van der Waals surface area contributed by atoms with E-state index in [2.05, 4.69) is 15.3 Å². The number of fused-ring (bicyclic) bond motifs is 2. The molecule has 4 aromatic rings. The summed E-state index contributed by atoms with van der Waals surface area (Å²) >= 11 is 0. The van der Waals surface area contributed by atoms with Gasteiger partial charge in [0.1, 0.15) is 11.4 Å². The lowest BCUT2D eigenvalue weighted by molar-refractivity contribution is 0.0526. The second kappa shape index (κ2) is 7.93. The molecular formula is C22H17N3O4. The molecule has 0 bridgehead atoms. The van der Waals surface area contributed by atoms with Crippen LogP contribution in [0, 0.1) is 0 Å². The molecule has 3 heterocycles. The largest absolute Gasteiger partial charge is 0.462 e. The van der Waals surface area contributed by atoms with Crippen LogP contribution in [0.15, 0.2) is 70.1 Å². The number of ether oxygens (including phenoxy) is 1. The minimum Gasteiger partial charge on any atom is -0.462 e. The number of nitrogens with one attached hydrogen (secondary N) is 1. The zero-order valence-electron chi connectivity index (χ0n) is 15.6. The van der Waals surface area contributed by atoms with Gasteiger partial charge in [-0.2, -0.15) is 0 Å². The van der Waals surface area contributed by atoms with Crippen LogP contribution in [-0.4, -0.2) is 22.5 Å². The molecule has 7 heteroatoms. The lowest BCUT2D eigenvalue weighted by Gasteiger charge is -2.08. The first-order chi connectivity index (χ1) is 14.2. The van der Waals surface area contributed by atoms with Crippen LogP contribution in [0.3, 0.4) is 0 Å². The third-order valence-corrected chi connectivity index (χ3v) is 4.23. The number of aromatic nitrogens is 2. The highest BCUT2D eigenvalue weighted by Crippen LogP contribution is 2.21. The fourth-order valence-electron chi connectivity index (χ4n) is 2.90. The molecule has 0 unspecified atom stereocenters. The van der Waals surface area contributed by atoms with E-state index < -0.39 is 5.97 Å². The molecule has 3 aromatic heterocycles. The monoisotopic (exact) mass is 387 g/mol. The van der Waals surface area contributed by atoms with Crippen molar-refractivity contribution >= 4 is 39.9 Å². The van der Waals surface area contributed by atoms with Crippen LogP contribution in [0.1, 0.15) is 23.0 Å². The Kier molecular flexibility index (Phi) is 5.03. The fourth-order valence-corrected chi connectivity index (χ4v) is 2.90. The second-order valence-corrected chi connectivity index (χ2v) is 6.11. The molecule has 0 aliphatic heterocycles. The SMILES string of the molecule is CCOC(=O)c1cc2c(=O)c3ccccc3oc2nc1/C=C/Nc1ccccn1. The zero-order valence-corrected chi connectivity index (χ0v) is 15.6. The minimum absolute atomic E-state index is 0.152. The predicted molar refractivity (Wildman–Crippen MR) is 111 cm³/mol. The van der Waals surface area contributed by atoms with Crippen molar-refractivity contribution in [2.45, 2.75) is 6.92 Å². The number of rotatable bonds is 5. The van der Waals surface area contributed by atoms with Crippen molar-refractivity contribution in [1.82, 2.24) is 9.97 Å². The van der Waals surface area contributed by atoms with Gasteiger partial charge in [-0.15, -0.1) is 0 Å². The van der Waals surface area contributed by atoms with Crippen molar-refractivity contribution in [2.75, 3.05) is 11.9 Å². The zero-order chi connectivity index (χ0) is 20.2. The van der Waals surface area contributed by atoms with Gasteiger partial charge in [0.05, 0.1) is 28.6 Å². The molecule has 0 atom stereocenters. The summed E-state index contributed by atoms with van der Waals surface area (Å²) in [4.78, 5) is 33.9. The van der Waals surface area contributed by atoms with Gasteiger partial charge in [0.2, 0.25) is 11.1 Å². The van der Waals surface area contributed by atoms with Gasteiger partial charge in [-0.1, -0.05) is 18.2 Å². The molecule has 0 aliphatic carbocycles. The van der Waals surface area contributed by atoms with Crippen LogP contribution >= 0.6 is 0 Å². The van der Waals surface area contributed by atoms with Gasteiger partial charge in [0.25, 0.3) is 0 Å². The number of hydrogen-bond donors (Lipinski definition) is 1. The van der Waals surface area contributed by atoms with Crippen LogP contribution in [-0.2, 0) is 4.74 Å². The van der Waals surface area contributed by atoms with Gasteiger partial charge >= 0.3 is 5.97 Å². The molecule has 0 fully saturated rings. The number of pyridine rings is 2. The second-order valence-electron chi connectivity index (χ2n) is 6.11. The van der Waals surface area contributed by atoms with Crippen LogP contribution in [0.4, 0.5) is 5.82 Å². The van der Waals surface area contributed by atoms with E-state index in [1.807, 2.05) is 12.1 Å². The summed E-state index contributed by atoms with van der Waals surface area (Å²) in [5.41, 5.74) is 0.836. The lowest BCUT2D eigenvalue weighted by Crippen LogP contribution is -2.11. The summed E-state index contributed by atoms with van der Waals surface area (Å²) in [6.45, 7) is 1.92. The van der Waals surface area contributed by atoms with Gasteiger partial charge in [-0.05, 0) is 43.3 Å². The number of hydrogen-bond acceptors (Lipinski definition) is 7. The molecule has 0 saturated carbocycles. The number of carbonyl (C=O) groups is 1. The molecular weight excluding hydrogens is 370 g/mol. The van der Waals surface area contributed by atoms with E-state index in [4.69, 9.17) is 9.15 Å². The summed E-state index contributed by atoms with van der Waals surface area (Å²) in [7, 11) is 0. The topological polar surface area (TPSA) is 94.3 Å². The molecule has 1 N–H and O–H groups in total. The predicted octanol–water partition coefficient (Wildman–Crippen LogP) is 4.00. The Morgan fingerprint density at radius 2 is 2.00 bits per heavy atom. The summed E-state index contributed by atoms with van der Waals surface area (Å²) in [5.74, 6) is 0.0756. The molecule has 7 nitrogen and oxygen atoms in total. The van der Waals surface area contributed by atoms with Crippen molar-refractivity contribution in [1.29, 1.82) is 0 Å². The Labute approximate surface area is 165 Å². The van der Waals surface area contributed by atoms with E-state index >= 15 is 0 Å². The molecule has 0 amide bonds. The molecule has 0 spiro atoms. The fraction of sp³-hybridized carbons (Fsp3) is 0.0909. The van der Waals surface area contributed by atoms with Gasteiger partial charge in [-0.25, -0.2) is 14.8 Å². The number of anilines is 1. The number of nitrogens with zero attached hydrogens (tertiary/aromatic N) is 2. The Morgan fingerprint density at radius 1 is 1.17 bits per heavy atom. The summed E-state index contributed by atoms with van der Waals surface area (Å²) in [5, 5.41) is 3.66. The van der Waals surface area contributed by atoms with E-state index in [0.717, 1.165) is 0 Å². The van der Waals surface area contributed by atoms with E-state index in [9.17, 15) is 9.59 Å². The Bertz CT molecular complexity index is 1280. The van der Waals surface area contributed by atoms with Gasteiger partial charge in [0.15, 0.2) is 0 Å². The van der Waals surface area contributed by atoms with Gasteiger partial charge in [-0.3, -0.25) is 4.79 Å². The summed E-state index contributed by atoms with van der Waals surface area (Å²) < 4.78 is 10.9. The molecule has 1 aromatic carbocycles. The Morgan fingerprint density at radius 3 is 2.79 bits per heavy atom. The van der Waals surface area contributed by atoms with Crippen LogP contribution in [0.5, 0.6) is 0 Å². The number of benzene rings is 1. The Balaban J connectivity index is 1.84. The highest BCUT2D eigenvalue weighted by molar-refractivity contribution is 5.98. The smallest absolute Gasteiger partial charge is 0.340 e. The van der Waals surface area contributed by atoms with Crippen molar-refractivity contribution < 1.29 is 13.9 Å². The average molecular weight is 387 g/mol. The summed E-state index contributed by atoms with van der Waals surface area (Å²) in [6.07, 6.45) is 4.88. The standard InChI is InChI=1S/C22H17N3O4/c1-2-28-22(27)15-13-16-20(26)14-7-3-4-8-18(14)29-21(16)25-17(15)10-12-24-19-9-5-6-11-23-19/h3-13H,2H2,1H3,(H,23,24)/b12-10+. The van der Waals surface area contributed by atoms with E-state index in [0.29, 0.717) is 22.5 Å². The van der Waals surface area contributed by atoms with Gasteiger partial charge in [0, 0.05) is 12.4 Å². The number of esters is 1. The minimum atomic E-state index is -0.563. The van der Waals surface area contributed by atoms with E-state index in [1.54, 1.807) is 55.7 Å². The maximum Gasteiger partial charge on any atom is 0.340 e. The highest BCUT2D eigenvalue weighted by Gasteiger charge is 2.17. The molecule has 29 heavy (non-hydrogen) atoms. The lowest BCUT2D eigenvalue weighted by atomic mass is 10.1. The van der Waals surface area contributed by atoms with Crippen molar-refractivity contribution in [3.63, 3.8) is 0 Å². The van der Waals surface area contributed by atoms with E-state index in [-0.39, 0.29) is 28.7 Å². The number of carbonyl (C=O) groups excluding carboxylic acids is 1. The number of para-hydroxylation sites is 1. The van der Waals surface area contributed by atoms with Crippen molar-refractivity contribution in [3.05, 3.63) is 82.4 Å². The van der Waals surface area contributed by atoms with Crippen molar-refractivity contribution in [2.24, 2.45) is 0 Å². The van der Waals surface area contributed by atoms with E-state index in [1.165, 1.54) is 6.07 Å². The van der Waals surface area contributed by atoms with Crippen molar-refractivity contribution in [3.8, 4) is 0 Å². The molecule has 0 aliphatic rings. The maximum absolute atomic E-state index is 12.8. The molecule has 0 radical (unpaired) electrons. The first-order valence-electron chi connectivity index (χ1n) is 9.05. The highest BCUT2D eigenvalue weighted by atomic mass is 16.5. The molecule has 4 rings (SSSR count). The quantitative estimate of drug-likeness (QED) is 0.409. The third-order valence-electron chi connectivity index (χ3n) is 4.23. The van der Waals surface area contributed by atoms with Gasteiger partial charge < -0.3 is 14.5 Å². The first-order valence-corrected chi connectivity index (χ1v) is 9.05. The molecule has 144 valence electrons.